The fourth-order valence-electron chi connectivity index (χ4n) is 3.22. The van der Waals surface area contributed by atoms with Crippen LogP contribution in [-0.4, -0.2) is 13.6 Å². The second-order valence-corrected chi connectivity index (χ2v) is 6.46. The van der Waals surface area contributed by atoms with E-state index >= 15 is 0 Å². The molecule has 1 aliphatic carbocycles. The van der Waals surface area contributed by atoms with Gasteiger partial charge in [0.15, 0.2) is 0 Å². The van der Waals surface area contributed by atoms with E-state index in [1.165, 1.54) is 48.6 Å². The Hall–Kier alpha value is -0.340. The molecule has 0 bridgehead atoms. The van der Waals surface area contributed by atoms with E-state index in [2.05, 4.69) is 52.6 Å². The molecule has 0 spiro atoms. The number of hydrogen-bond acceptors (Lipinski definition) is 1. The summed E-state index contributed by atoms with van der Waals surface area (Å²) in [7, 11) is 2.07. The Morgan fingerprint density at radius 2 is 2.00 bits per heavy atom. The third-order valence-electron chi connectivity index (χ3n) is 4.10. The third kappa shape index (κ3) is 4.10. The topological polar surface area (TPSA) is 12.0 Å². The zero-order valence-corrected chi connectivity index (χ0v) is 12.9. The Morgan fingerprint density at radius 3 is 2.67 bits per heavy atom. The van der Waals surface area contributed by atoms with Gasteiger partial charge < -0.3 is 5.32 Å². The zero-order valence-electron chi connectivity index (χ0n) is 11.3. The highest BCUT2D eigenvalue weighted by Gasteiger charge is 2.20. The van der Waals surface area contributed by atoms with Crippen LogP contribution in [0.2, 0.25) is 0 Å². The predicted molar refractivity (Wildman–Crippen MR) is 81.8 cm³/mol. The molecule has 0 aliphatic heterocycles. The Labute approximate surface area is 119 Å². The Bertz CT molecular complexity index is 358. The van der Waals surface area contributed by atoms with Gasteiger partial charge in [-0.15, -0.1) is 0 Å². The second-order valence-electron chi connectivity index (χ2n) is 5.61. The standard InChI is InChI=1S/C16H24BrN/c1-18-12-14(10-13-6-2-3-7-13)11-15-8-4-5-9-16(15)17/h4-5,8-9,13-14,18H,2-3,6-7,10-12H2,1H3. The average molecular weight is 310 g/mol. The highest BCUT2D eigenvalue weighted by molar-refractivity contribution is 9.10. The molecule has 2 rings (SSSR count). The van der Waals surface area contributed by atoms with E-state index in [4.69, 9.17) is 0 Å². The maximum atomic E-state index is 3.67. The van der Waals surface area contributed by atoms with E-state index in [0.29, 0.717) is 0 Å². The molecule has 0 amide bonds. The van der Waals surface area contributed by atoms with Gasteiger partial charge in [0.25, 0.3) is 0 Å². The van der Waals surface area contributed by atoms with Crippen LogP contribution in [0.15, 0.2) is 28.7 Å². The van der Waals surface area contributed by atoms with Gasteiger partial charge >= 0.3 is 0 Å². The lowest BCUT2D eigenvalue weighted by Crippen LogP contribution is -2.23. The lowest BCUT2D eigenvalue weighted by atomic mass is 9.88. The van der Waals surface area contributed by atoms with Gasteiger partial charge in [0.05, 0.1) is 0 Å². The van der Waals surface area contributed by atoms with Crippen LogP contribution in [0.4, 0.5) is 0 Å². The SMILES string of the molecule is CNCC(Cc1ccccc1Br)CC1CCCC1. The molecule has 1 saturated carbocycles. The fourth-order valence-corrected chi connectivity index (χ4v) is 3.67. The van der Waals surface area contributed by atoms with Gasteiger partial charge in [-0.05, 0) is 49.9 Å². The molecule has 0 radical (unpaired) electrons. The molecule has 18 heavy (non-hydrogen) atoms. The molecule has 1 aromatic carbocycles. The molecule has 1 N–H and O–H groups in total. The molecule has 1 atom stereocenters. The van der Waals surface area contributed by atoms with Crippen molar-refractivity contribution in [3.63, 3.8) is 0 Å². The Balaban J connectivity index is 1.94. The normalized spacial score (nSPS) is 18.1. The first-order valence-electron chi connectivity index (χ1n) is 7.17. The minimum absolute atomic E-state index is 0.775. The van der Waals surface area contributed by atoms with E-state index in [0.717, 1.165) is 18.4 Å². The maximum Gasteiger partial charge on any atom is 0.0207 e. The van der Waals surface area contributed by atoms with Crippen LogP contribution >= 0.6 is 15.9 Å². The third-order valence-corrected chi connectivity index (χ3v) is 4.87. The summed E-state index contributed by atoms with van der Waals surface area (Å²) in [5, 5.41) is 3.37. The Morgan fingerprint density at radius 1 is 1.28 bits per heavy atom. The molecule has 100 valence electrons. The molecular weight excluding hydrogens is 286 g/mol. The summed E-state index contributed by atoms with van der Waals surface area (Å²) < 4.78 is 1.26. The van der Waals surface area contributed by atoms with Gasteiger partial charge in [0.2, 0.25) is 0 Å². The van der Waals surface area contributed by atoms with Crippen molar-refractivity contribution < 1.29 is 0 Å². The van der Waals surface area contributed by atoms with Crippen molar-refractivity contribution in [1.82, 2.24) is 5.32 Å². The summed E-state index contributed by atoms with van der Waals surface area (Å²) in [6.07, 6.45) is 8.39. The molecule has 1 aromatic rings. The first-order valence-corrected chi connectivity index (χ1v) is 7.97. The van der Waals surface area contributed by atoms with Gasteiger partial charge in [-0.25, -0.2) is 0 Å². The molecule has 1 fully saturated rings. The first-order chi connectivity index (χ1) is 8.79. The van der Waals surface area contributed by atoms with Gasteiger partial charge in [0.1, 0.15) is 0 Å². The van der Waals surface area contributed by atoms with Gasteiger partial charge in [-0.3, -0.25) is 0 Å². The van der Waals surface area contributed by atoms with E-state index in [9.17, 15) is 0 Å². The van der Waals surface area contributed by atoms with E-state index in [1.54, 1.807) is 0 Å². The quantitative estimate of drug-likeness (QED) is 0.821. The van der Waals surface area contributed by atoms with Gasteiger partial charge in [-0.1, -0.05) is 59.8 Å². The first kappa shape index (κ1) is 14.1. The minimum Gasteiger partial charge on any atom is -0.319 e. The monoisotopic (exact) mass is 309 g/mol. The van der Waals surface area contributed by atoms with Crippen LogP contribution in [-0.2, 0) is 6.42 Å². The summed E-state index contributed by atoms with van der Waals surface area (Å²) in [6.45, 7) is 1.14. The molecule has 0 aromatic heterocycles. The van der Waals surface area contributed by atoms with Crippen molar-refractivity contribution in [3.8, 4) is 0 Å². The fraction of sp³-hybridized carbons (Fsp3) is 0.625. The summed E-state index contributed by atoms with van der Waals surface area (Å²) in [6, 6.07) is 8.65. The van der Waals surface area contributed by atoms with Crippen LogP contribution in [0.3, 0.4) is 0 Å². The van der Waals surface area contributed by atoms with Crippen LogP contribution in [0.5, 0.6) is 0 Å². The molecule has 1 nitrogen and oxygen atoms in total. The van der Waals surface area contributed by atoms with E-state index < -0.39 is 0 Å². The molecule has 1 aliphatic rings. The predicted octanol–water partition coefficient (Wildman–Crippen LogP) is 4.41. The van der Waals surface area contributed by atoms with Crippen LogP contribution in [0.1, 0.15) is 37.7 Å². The molecule has 2 heteroatoms. The van der Waals surface area contributed by atoms with Crippen LogP contribution < -0.4 is 5.32 Å². The number of rotatable bonds is 6. The smallest absolute Gasteiger partial charge is 0.0207 e. The lowest BCUT2D eigenvalue weighted by Gasteiger charge is -2.21. The van der Waals surface area contributed by atoms with E-state index in [1.807, 2.05) is 0 Å². The van der Waals surface area contributed by atoms with Crippen LogP contribution in [0.25, 0.3) is 0 Å². The lowest BCUT2D eigenvalue weighted by molar-refractivity contribution is 0.364. The number of nitrogens with one attached hydrogen (secondary N) is 1. The molecule has 0 heterocycles. The molecule has 0 saturated heterocycles. The van der Waals surface area contributed by atoms with Crippen LogP contribution in [0, 0.1) is 11.8 Å². The van der Waals surface area contributed by atoms with Crippen molar-refractivity contribution in [2.45, 2.75) is 38.5 Å². The average Bonchev–Trinajstić information content (AvgIpc) is 2.85. The zero-order chi connectivity index (χ0) is 12.8. The van der Waals surface area contributed by atoms with E-state index in [-0.39, 0.29) is 0 Å². The maximum absolute atomic E-state index is 3.67. The van der Waals surface area contributed by atoms with Crippen molar-refractivity contribution in [2.75, 3.05) is 13.6 Å². The summed E-state index contributed by atoms with van der Waals surface area (Å²) >= 11 is 3.67. The summed E-state index contributed by atoms with van der Waals surface area (Å²) in [5.74, 6) is 1.75. The number of benzene rings is 1. The highest BCUT2D eigenvalue weighted by Crippen LogP contribution is 2.32. The Kier molecular flexibility index (Phi) is 5.71. The number of hydrogen-bond donors (Lipinski definition) is 1. The minimum atomic E-state index is 0.775. The van der Waals surface area contributed by atoms with Crippen molar-refractivity contribution >= 4 is 15.9 Å². The second kappa shape index (κ2) is 7.30. The molecule has 1 unspecified atom stereocenters. The molecular formula is C16H24BrN. The number of halogens is 1. The van der Waals surface area contributed by atoms with Crippen molar-refractivity contribution in [1.29, 1.82) is 0 Å². The largest absolute Gasteiger partial charge is 0.319 e. The summed E-state index contributed by atoms with van der Waals surface area (Å²) in [5.41, 5.74) is 1.45. The van der Waals surface area contributed by atoms with Crippen molar-refractivity contribution in [2.24, 2.45) is 11.8 Å². The van der Waals surface area contributed by atoms with Crippen molar-refractivity contribution in [3.05, 3.63) is 34.3 Å². The van der Waals surface area contributed by atoms with Gasteiger partial charge in [-0.2, -0.15) is 0 Å². The highest BCUT2D eigenvalue weighted by atomic mass is 79.9. The summed E-state index contributed by atoms with van der Waals surface area (Å²) in [4.78, 5) is 0. The van der Waals surface area contributed by atoms with Gasteiger partial charge in [0, 0.05) is 4.47 Å².